The smallest absolute Gasteiger partial charge is 0.144 e. The Bertz CT molecular complexity index is 628. The van der Waals surface area contributed by atoms with Gasteiger partial charge < -0.3 is 5.32 Å². The summed E-state index contributed by atoms with van der Waals surface area (Å²) in [6.07, 6.45) is 0.926. The Kier molecular flexibility index (Phi) is 4.56. The maximum Gasteiger partial charge on any atom is 0.144 e. The second kappa shape index (κ2) is 6.18. The molecule has 0 saturated carbocycles. The lowest BCUT2D eigenvalue weighted by Gasteiger charge is -2.09. The van der Waals surface area contributed by atoms with E-state index in [1.54, 1.807) is 11.3 Å². The molecule has 0 aliphatic carbocycles. The normalized spacial score (nSPS) is 10.2. The summed E-state index contributed by atoms with van der Waals surface area (Å²) in [7, 11) is 0. The zero-order valence-corrected chi connectivity index (χ0v) is 13.2. The predicted molar refractivity (Wildman–Crippen MR) is 82.6 cm³/mol. The fourth-order valence-corrected chi connectivity index (χ4v) is 3.38. The largest absolute Gasteiger partial charge is 0.369 e. The lowest BCUT2D eigenvalue weighted by molar-refractivity contribution is 1.01. The molecule has 3 nitrogen and oxygen atoms in total. The van der Waals surface area contributed by atoms with Crippen molar-refractivity contribution in [3.63, 3.8) is 0 Å². The maximum atomic E-state index is 9.18. The van der Waals surface area contributed by atoms with Gasteiger partial charge in [0.2, 0.25) is 0 Å². The van der Waals surface area contributed by atoms with Crippen LogP contribution in [0.25, 0.3) is 0 Å². The maximum absolute atomic E-state index is 9.18. The molecule has 2 heterocycles. The number of aromatic nitrogens is 1. The molecule has 0 radical (unpaired) electrons. The van der Waals surface area contributed by atoms with Crippen molar-refractivity contribution in [3.05, 3.63) is 43.7 Å². The van der Waals surface area contributed by atoms with Crippen LogP contribution in [-0.2, 0) is 6.42 Å². The number of pyridine rings is 1. The summed E-state index contributed by atoms with van der Waals surface area (Å²) < 4.78 is 1.14. The van der Waals surface area contributed by atoms with Crippen molar-refractivity contribution in [2.75, 3.05) is 11.9 Å². The van der Waals surface area contributed by atoms with E-state index in [9.17, 15) is 5.26 Å². The Morgan fingerprint density at radius 2 is 2.21 bits per heavy atom. The summed E-state index contributed by atoms with van der Waals surface area (Å²) in [6.45, 7) is 4.65. The van der Waals surface area contributed by atoms with Crippen molar-refractivity contribution in [2.24, 2.45) is 0 Å². The van der Waals surface area contributed by atoms with Gasteiger partial charge in [-0.3, -0.25) is 0 Å². The summed E-state index contributed by atoms with van der Waals surface area (Å²) in [4.78, 5) is 5.71. The highest BCUT2D eigenvalue weighted by atomic mass is 79.9. The number of halogens is 1. The number of hydrogen-bond acceptors (Lipinski definition) is 4. The summed E-state index contributed by atoms with van der Waals surface area (Å²) in [6, 6.07) is 8.30. The van der Waals surface area contributed by atoms with Crippen LogP contribution in [0.5, 0.6) is 0 Å². The SMILES string of the molecule is Cc1cc(C)c(C#N)c(NCCc2ccc(Br)s2)n1. The molecular formula is C14H14BrN3S. The van der Waals surface area contributed by atoms with Crippen molar-refractivity contribution < 1.29 is 0 Å². The number of nitrogens with zero attached hydrogens (tertiary/aromatic N) is 2. The van der Waals surface area contributed by atoms with Gasteiger partial charge in [0.05, 0.1) is 9.35 Å². The van der Waals surface area contributed by atoms with Crippen molar-refractivity contribution in [2.45, 2.75) is 20.3 Å². The monoisotopic (exact) mass is 335 g/mol. The minimum absolute atomic E-state index is 0.637. The highest BCUT2D eigenvalue weighted by Gasteiger charge is 2.08. The molecule has 0 aromatic carbocycles. The average Bonchev–Trinajstić information content (AvgIpc) is 2.74. The van der Waals surface area contributed by atoms with Crippen molar-refractivity contribution >= 4 is 33.1 Å². The number of anilines is 1. The number of nitriles is 1. The van der Waals surface area contributed by atoms with E-state index in [1.807, 2.05) is 19.9 Å². The van der Waals surface area contributed by atoms with Gasteiger partial charge in [-0.05, 0) is 60.0 Å². The van der Waals surface area contributed by atoms with E-state index in [1.165, 1.54) is 4.88 Å². The van der Waals surface area contributed by atoms with Crippen molar-refractivity contribution in [1.82, 2.24) is 4.98 Å². The first-order valence-corrected chi connectivity index (χ1v) is 7.57. The Labute approximate surface area is 125 Å². The molecular weight excluding hydrogens is 322 g/mol. The molecule has 0 atom stereocenters. The molecule has 98 valence electrons. The van der Waals surface area contributed by atoms with Gasteiger partial charge in [0.25, 0.3) is 0 Å². The van der Waals surface area contributed by atoms with Crippen LogP contribution in [0.15, 0.2) is 22.0 Å². The zero-order chi connectivity index (χ0) is 13.8. The molecule has 0 unspecified atom stereocenters. The first kappa shape index (κ1) is 14.0. The molecule has 2 rings (SSSR count). The molecule has 2 aromatic heterocycles. The van der Waals surface area contributed by atoms with Crippen LogP contribution in [0.4, 0.5) is 5.82 Å². The summed E-state index contributed by atoms with van der Waals surface area (Å²) >= 11 is 5.18. The minimum atomic E-state index is 0.637. The highest BCUT2D eigenvalue weighted by Crippen LogP contribution is 2.23. The zero-order valence-electron chi connectivity index (χ0n) is 10.8. The lowest BCUT2D eigenvalue weighted by Crippen LogP contribution is -2.08. The van der Waals surface area contributed by atoms with Crippen molar-refractivity contribution in [3.8, 4) is 6.07 Å². The van der Waals surface area contributed by atoms with E-state index in [0.717, 1.165) is 28.0 Å². The second-order valence-corrected chi connectivity index (χ2v) is 6.85. The summed E-state index contributed by atoms with van der Waals surface area (Å²) in [5.41, 5.74) is 2.53. The van der Waals surface area contributed by atoms with Gasteiger partial charge in [0, 0.05) is 17.1 Å². The molecule has 0 amide bonds. The van der Waals surface area contributed by atoms with Crippen LogP contribution < -0.4 is 5.32 Å². The first-order chi connectivity index (χ1) is 9.10. The molecule has 0 bridgehead atoms. The Morgan fingerprint density at radius 1 is 1.42 bits per heavy atom. The van der Waals surface area contributed by atoms with Gasteiger partial charge in [-0.1, -0.05) is 0 Å². The number of hydrogen-bond donors (Lipinski definition) is 1. The Balaban J connectivity index is 2.05. The molecule has 0 saturated heterocycles. The van der Waals surface area contributed by atoms with E-state index >= 15 is 0 Å². The fraction of sp³-hybridized carbons (Fsp3) is 0.286. The van der Waals surface area contributed by atoms with Crippen LogP contribution >= 0.6 is 27.3 Å². The minimum Gasteiger partial charge on any atom is -0.369 e. The van der Waals surface area contributed by atoms with Gasteiger partial charge >= 0.3 is 0 Å². The van der Waals surface area contributed by atoms with Crippen LogP contribution in [0.2, 0.25) is 0 Å². The van der Waals surface area contributed by atoms with Crippen LogP contribution in [-0.4, -0.2) is 11.5 Å². The standard InChI is InChI=1S/C14H14BrN3S/c1-9-7-10(2)18-14(12(9)8-16)17-6-5-11-3-4-13(15)19-11/h3-4,7H,5-6H2,1-2H3,(H,17,18). The number of rotatable bonds is 4. The van der Waals surface area contributed by atoms with E-state index in [4.69, 9.17) is 0 Å². The molecule has 5 heteroatoms. The van der Waals surface area contributed by atoms with E-state index in [2.05, 4.69) is 44.4 Å². The van der Waals surface area contributed by atoms with Gasteiger partial charge in [-0.25, -0.2) is 4.98 Å². The van der Waals surface area contributed by atoms with Crippen LogP contribution in [0, 0.1) is 25.2 Å². The molecule has 0 aliphatic rings. The number of nitrogens with one attached hydrogen (secondary N) is 1. The third-order valence-electron chi connectivity index (χ3n) is 2.75. The van der Waals surface area contributed by atoms with Crippen LogP contribution in [0.3, 0.4) is 0 Å². The van der Waals surface area contributed by atoms with Gasteiger partial charge in [-0.15, -0.1) is 11.3 Å². The van der Waals surface area contributed by atoms with E-state index in [-0.39, 0.29) is 0 Å². The van der Waals surface area contributed by atoms with Gasteiger partial charge in [0.1, 0.15) is 11.9 Å². The molecule has 0 spiro atoms. The van der Waals surface area contributed by atoms with Crippen molar-refractivity contribution in [1.29, 1.82) is 5.26 Å². The van der Waals surface area contributed by atoms with E-state index in [0.29, 0.717) is 11.4 Å². The third-order valence-corrected chi connectivity index (χ3v) is 4.43. The second-order valence-electron chi connectivity index (χ2n) is 4.30. The fourth-order valence-electron chi connectivity index (χ4n) is 1.90. The number of aryl methyl sites for hydroxylation is 2. The predicted octanol–water partition coefficient (Wildman–Crippen LogP) is 4.05. The number of thiophene rings is 1. The van der Waals surface area contributed by atoms with Gasteiger partial charge in [-0.2, -0.15) is 5.26 Å². The summed E-state index contributed by atoms with van der Waals surface area (Å²) in [5, 5.41) is 12.4. The van der Waals surface area contributed by atoms with E-state index < -0.39 is 0 Å². The average molecular weight is 336 g/mol. The Hall–Kier alpha value is -1.38. The molecule has 0 aliphatic heterocycles. The highest BCUT2D eigenvalue weighted by molar-refractivity contribution is 9.11. The molecule has 19 heavy (non-hydrogen) atoms. The Morgan fingerprint density at radius 3 is 2.84 bits per heavy atom. The summed E-state index contributed by atoms with van der Waals surface area (Å²) in [5.74, 6) is 0.690. The molecule has 1 N–H and O–H groups in total. The van der Waals surface area contributed by atoms with Gasteiger partial charge in [0.15, 0.2) is 0 Å². The molecule has 0 fully saturated rings. The topological polar surface area (TPSA) is 48.7 Å². The lowest BCUT2D eigenvalue weighted by atomic mass is 10.1. The molecule has 2 aromatic rings. The van der Waals surface area contributed by atoms with Crippen LogP contribution in [0.1, 0.15) is 21.7 Å². The first-order valence-electron chi connectivity index (χ1n) is 5.96. The quantitative estimate of drug-likeness (QED) is 0.916. The third kappa shape index (κ3) is 3.55.